The summed E-state index contributed by atoms with van der Waals surface area (Å²) in [6, 6.07) is 19.9. The summed E-state index contributed by atoms with van der Waals surface area (Å²) in [5.41, 5.74) is 3.39. The maximum absolute atomic E-state index is 13.4. The lowest BCUT2D eigenvalue weighted by atomic mass is 9.95. The molecular formula is C27H21NO4S. The van der Waals surface area contributed by atoms with Gasteiger partial charge in [0.2, 0.25) is 0 Å². The molecule has 3 aromatic heterocycles. The Hall–Kier alpha value is -3.64. The number of thiazole rings is 1. The highest BCUT2D eigenvalue weighted by atomic mass is 32.1. The molecule has 5 aromatic rings. The molecule has 0 radical (unpaired) electrons. The monoisotopic (exact) mass is 455 g/mol. The van der Waals surface area contributed by atoms with Gasteiger partial charge in [-0.15, -0.1) is 11.3 Å². The number of methoxy groups -OCH3 is 1. The standard InChI is InChI=1S/C27H21NO4S/c1-31-27(30)24-25(21-10-5-13-32-21)33-26-23(17-11-12-17)19(15-22(29)28(24)26)14-18-8-4-7-16-6-2-3-9-20(16)18/h2-10,13,15,17H,11-12,14H2,1H3. The van der Waals surface area contributed by atoms with Crippen molar-refractivity contribution in [2.24, 2.45) is 0 Å². The van der Waals surface area contributed by atoms with Crippen molar-refractivity contribution in [2.75, 3.05) is 7.11 Å². The van der Waals surface area contributed by atoms with Crippen LogP contribution in [-0.2, 0) is 11.2 Å². The van der Waals surface area contributed by atoms with Crippen molar-refractivity contribution in [3.63, 3.8) is 0 Å². The second-order valence-corrected chi connectivity index (χ2v) is 9.40. The van der Waals surface area contributed by atoms with E-state index in [4.69, 9.17) is 9.15 Å². The fourth-order valence-corrected chi connectivity index (χ4v) is 6.03. The Kier molecular flexibility index (Phi) is 4.69. The number of carbonyl (C=O) groups excluding carboxylic acids is 1. The number of esters is 1. The molecule has 0 unspecified atom stereocenters. The fraction of sp³-hybridized carbons (Fsp3) is 0.185. The quantitative estimate of drug-likeness (QED) is 0.304. The zero-order chi connectivity index (χ0) is 22.5. The van der Waals surface area contributed by atoms with Gasteiger partial charge in [-0.05, 0) is 64.8 Å². The average Bonchev–Trinajstić information content (AvgIpc) is 3.35. The molecule has 5 nitrogen and oxygen atoms in total. The van der Waals surface area contributed by atoms with Crippen LogP contribution in [0.1, 0.15) is 45.9 Å². The van der Waals surface area contributed by atoms with E-state index in [1.807, 2.05) is 12.1 Å². The lowest BCUT2D eigenvalue weighted by Gasteiger charge is -2.13. The first-order valence-electron chi connectivity index (χ1n) is 11.0. The van der Waals surface area contributed by atoms with E-state index in [9.17, 15) is 9.59 Å². The van der Waals surface area contributed by atoms with Crippen molar-refractivity contribution >= 4 is 32.9 Å². The Bertz CT molecular complexity index is 1570. The molecule has 3 heterocycles. The number of hydrogen-bond acceptors (Lipinski definition) is 5. The van der Waals surface area contributed by atoms with Crippen LogP contribution in [0.25, 0.3) is 26.2 Å². The molecule has 0 bridgehead atoms. The molecule has 33 heavy (non-hydrogen) atoms. The number of furan rings is 1. The third-order valence-electron chi connectivity index (χ3n) is 6.31. The average molecular weight is 456 g/mol. The number of carbonyl (C=O) groups is 1. The van der Waals surface area contributed by atoms with Crippen LogP contribution >= 0.6 is 11.3 Å². The molecule has 0 amide bonds. The Morgan fingerprint density at radius 3 is 2.67 bits per heavy atom. The number of hydrogen-bond donors (Lipinski definition) is 0. The third kappa shape index (κ3) is 3.29. The Morgan fingerprint density at radius 1 is 1.09 bits per heavy atom. The molecule has 0 atom stereocenters. The summed E-state index contributed by atoms with van der Waals surface area (Å²) in [7, 11) is 1.33. The summed E-state index contributed by atoms with van der Waals surface area (Å²) >= 11 is 1.43. The molecular weight excluding hydrogens is 434 g/mol. The van der Waals surface area contributed by atoms with E-state index in [-0.39, 0.29) is 11.3 Å². The first-order valence-corrected chi connectivity index (χ1v) is 11.8. The predicted octanol–water partition coefficient (Wildman–Crippen LogP) is 6.03. The van der Waals surface area contributed by atoms with E-state index >= 15 is 0 Å². The summed E-state index contributed by atoms with van der Waals surface area (Å²) in [6.45, 7) is 0. The van der Waals surface area contributed by atoms with Crippen molar-refractivity contribution in [1.82, 2.24) is 4.40 Å². The van der Waals surface area contributed by atoms with E-state index in [1.165, 1.54) is 39.2 Å². The van der Waals surface area contributed by atoms with Gasteiger partial charge in [0.05, 0.1) is 13.4 Å². The molecule has 0 spiro atoms. The highest BCUT2D eigenvalue weighted by molar-refractivity contribution is 7.21. The molecule has 2 aromatic carbocycles. The van der Waals surface area contributed by atoms with Crippen LogP contribution in [0.15, 0.2) is 76.1 Å². The number of rotatable bonds is 5. The fourth-order valence-electron chi connectivity index (χ4n) is 4.67. The molecule has 0 aliphatic heterocycles. The zero-order valence-electron chi connectivity index (χ0n) is 18.0. The van der Waals surface area contributed by atoms with Crippen LogP contribution in [0, 0.1) is 0 Å². The summed E-state index contributed by atoms with van der Waals surface area (Å²) < 4.78 is 12.2. The Labute approximate surface area is 193 Å². The minimum atomic E-state index is -0.543. The van der Waals surface area contributed by atoms with Crippen molar-refractivity contribution in [3.05, 3.63) is 99.7 Å². The van der Waals surface area contributed by atoms with Crippen molar-refractivity contribution < 1.29 is 13.9 Å². The predicted molar refractivity (Wildman–Crippen MR) is 129 cm³/mol. The van der Waals surface area contributed by atoms with Gasteiger partial charge in [-0.2, -0.15) is 0 Å². The molecule has 0 N–H and O–H groups in total. The number of nitrogens with zero attached hydrogens (tertiary/aromatic N) is 1. The van der Waals surface area contributed by atoms with Gasteiger partial charge in [-0.3, -0.25) is 9.20 Å². The summed E-state index contributed by atoms with van der Waals surface area (Å²) in [5, 5.41) is 2.38. The number of fused-ring (bicyclic) bond motifs is 2. The second-order valence-electron chi connectivity index (χ2n) is 8.40. The number of benzene rings is 2. The summed E-state index contributed by atoms with van der Waals surface area (Å²) in [4.78, 5) is 27.6. The largest absolute Gasteiger partial charge is 0.464 e. The van der Waals surface area contributed by atoms with Crippen LogP contribution in [-0.4, -0.2) is 17.5 Å². The van der Waals surface area contributed by atoms with E-state index in [0.29, 0.717) is 23.0 Å². The normalized spacial score (nSPS) is 13.6. The van der Waals surface area contributed by atoms with Gasteiger partial charge in [0, 0.05) is 6.07 Å². The minimum absolute atomic E-state index is 0.223. The molecule has 1 aliphatic carbocycles. The molecule has 1 saturated carbocycles. The van der Waals surface area contributed by atoms with Crippen molar-refractivity contribution in [1.29, 1.82) is 0 Å². The SMILES string of the molecule is COC(=O)c1c(-c2ccco2)sc2c(C3CC3)c(Cc3cccc4ccccc34)cc(=O)n12. The van der Waals surface area contributed by atoms with Gasteiger partial charge in [-0.25, -0.2) is 4.79 Å². The van der Waals surface area contributed by atoms with Crippen molar-refractivity contribution in [3.8, 4) is 10.6 Å². The van der Waals surface area contributed by atoms with Gasteiger partial charge in [-0.1, -0.05) is 42.5 Å². The first-order chi connectivity index (χ1) is 16.2. The summed E-state index contributed by atoms with van der Waals surface area (Å²) in [6.07, 6.45) is 4.40. The highest BCUT2D eigenvalue weighted by Gasteiger charge is 2.33. The number of pyridine rings is 1. The zero-order valence-corrected chi connectivity index (χ0v) is 18.9. The highest BCUT2D eigenvalue weighted by Crippen LogP contribution is 2.47. The van der Waals surface area contributed by atoms with Crippen LogP contribution in [0.5, 0.6) is 0 Å². The van der Waals surface area contributed by atoms with Crippen LogP contribution in [0.4, 0.5) is 0 Å². The van der Waals surface area contributed by atoms with E-state index in [1.54, 1.807) is 24.5 Å². The topological polar surface area (TPSA) is 60.9 Å². The maximum atomic E-state index is 13.4. The van der Waals surface area contributed by atoms with Crippen LogP contribution in [0.3, 0.4) is 0 Å². The van der Waals surface area contributed by atoms with Crippen molar-refractivity contribution in [2.45, 2.75) is 25.2 Å². The summed E-state index contributed by atoms with van der Waals surface area (Å²) in [5.74, 6) is 0.401. The molecule has 6 rings (SSSR count). The van der Waals surface area contributed by atoms with Gasteiger partial charge in [0.15, 0.2) is 5.69 Å². The molecule has 1 fully saturated rings. The molecule has 1 aliphatic rings. The number of aromatic nitrogens is 1. The molecule has 164 valence electrons. The van der Waals surface area contributed by atoms with E-state index in [0.717, 1.165) is 28.8 Å². The Morgan fingerprint density at radius 2 is 1.91 bits per heavy atom. The van der Waals surface area contributed by atoms with Crippen LogP contribution in [0.2, 0.25) is 0 Å². The third-order valence-corrected chi connectivity index (χ3v) is 7.50. The van der Waals surface area contributed by atoms with Gasteiger partial charge in [0.1, 0.15) is 15.5 Å². The van der Waals surface area contributed by atoms with E-state index in [2.05, 4.69) is 30.3 Å². The minimum Gasteiger partial charge on any atom is -0.464 e. The molecule has 0 saturated heterocycles. The van der Waals surface area contributed by atoms with Gasteiger partial charge < -0.3 is 9.15 Å². The second kappa shape index (κ2) is 7.74. The van der Waals surface area contributed by atoms with Gasteiger partial charge in [0.25, 0.3) is 5.56 Å². The first kappa shape index (κ1) is 20.0. The lowest BCUT2D eigenvalue weighted by molar-refractivity contribution is 0.0593. The van der Waals surface area contributed by atoms with Crippen LogP contribution < -0.4 is 5.56 Å². The maximum Gasteiger partial charge on any atom is 0.356 e. The molecule has 6 heteroatoms. The number of ether oxygens (including phenoxy) is 1. The smallest absolute Gasteiger partial charge is 0.356 e. The lowest BCUT2D eigenvalue weighted by Crippen LogP contribution is -2.20. The van der Waals surface area contributed by atoms with Gasteiger partial charge >= 0.3 is 5.97 Å². The van der Waals surface area contributed by atoms with E-state index < -0.39 is 5.97 Å². The Balaban J connectivity index is 1.61.